The topological polar surface area (TPSA) is 103 Å². The zero-order valence-corrected chi connectivity index (χ0v) is 17.4. The Bertz CT molecular complexity index is 901. The number of amides is 2. The molecule has 0 spiro atoms. The van der Waals surface area contributed by atoms with Crippen LogP contribution in [-0.2, 0) is 14.3 Å². The first kappa shape index (κ1) is 23.7. The number of methoxy groups -OCH3 is 1. The zero-order valence-electron chi connectivity index (χ0n) is 17.4. The van der Waals surface area contributed by atoms with E-state index in [2.05, 4.69) is 10.6 Å². The predicted octanol–water partition coefficient (Wildman–Crippen LogP) is 2.92. The van der Waals surface area contributed by atoms with Crippen molar-refractivity contribution in [3.8, 4) is 11.5 Å². The first-order chi connectivity index (χ1) is 14.9. The van der Waals surface area contributed by atoms with Crippen LogP contribution in [0.25, 0.3) is 0 Å². The monoisotopic (exact) mass is 432 g/mol. The molecule has 2 rings (SSSR count). The van der Waals surface area contributed by atoms with Crippen LogP contribution in [0.15, 0.2) is 42.5 Å². The Morgan fingerprint density at radius 3 is 2.39 bits per heavy atom. The van der Waals surface area contributed by atoms with Gasteiger partial charge >= 0.3 is 5.97 Å². The summed E-state index contributed by atoms with van der Waals surface area (Å²) >= 11 is 0. The normalized spacial score (nSPS) is 10.2. The number of nitrogens with one attached hydrogen (secondary N) is 2. The number of esters is 1. The predicted molar refractivity (Wildman–Crippen MR) is 112 cm³/mol. The Balaban J connectivity index is 1.88. The van der Waals surface area contributed by atoms with Gasteiger partial charge in [-0.25, -0.2) is 9.18 Å². The summed E-state index contributed by atoms with van der Waals surface area (Å²) in [4.78, 5) is 35.8. The third kappa shape index (κ3) is 7.96. The van der Waals surface area contributed by atoms with E-state index in [1.165, 1.54) is 49.6 Å². The van der Waals surface area contributed by atoms with Crippen LogP contribution in [0.3, 0.4) is 0 Å². The Morgan fingerprint density at radius 1 is 0.968 bits per heavy atom. The zero-order chi connectivity index (χ0) is 22.6. The molecule has 0 saturated heterocycles. The first-order valence-corrected chi connectivity index (χ1v) is 9.73. The Kier molecular flexibility index (Phi) is 9.28. The third-order valence-electron chi connectivity index (χ3n) is 4.07. The van der Waals surface area contributed by atoms with E-state index < -0.39 is 17.7 Å². The van der Waals surface area contributed by atoms with E-state index in [0.29, 0.717) is 12.2 Å². The van der Waals surface area contributed by atoms with Gasteiger partial charge in [-0.05, 0) is 48.9 Å². The number of anilines is 1. The van der Waals surface area contributed by atoms with Crippen molar-refractivity contribution in [2.45, 2.75) is 19.8 Å². The van der Waals surface area contributed by atoms with Crippen molar-refractivity contribution in [1.29, 1.82) is 0 Å². The molecule has 166 valence electrons. The highest BCUT2D eigenvalue weighted by atomic mass is 19.1. The van der Waals surface area contributed by atoms with E-state index >= 15 is 0 Å². The number of carbonyl (C=O) groups is 3. The summed E-state index contributed by atoms with van der Waals surface area (Å²) in [6, 6.07) is 9.61. The van der Waals surface area contributed by atoms with E-state index in [1.54, 1.807) is 0 Å². The standard InChI is InChI=1S/C22H25FN2O6/c1-3-4-11-24-20(26)13-31-22(28)15-5-10-18(19(12-15)29-2)30-14-21(27)25-17-8-6-16(23)7-9-17/h5-10,12H,3-4,11,13-14H2,1-2H3,(H,24,26)(H,25,27). The second-order valence-electron chi connectivity index (χ2n) is 6.49. The van der Waals surface area contributed by atoms with Crippen molar-refractivity contribution in [3.05, 3.63) is 53.8 Å². The third-order valence-corrected chi connectivity index (χ3v) is 4.07. The second-order valence-corrected chi connectivity index (χ2v) is 6.49. The summed E-state index contributed by atoms with van der Waals surface area (Å²) in [5.74, 6) is -1.46. The molecular weight excluding hydrogens is 407 g/mol. The van der Waals surface area contributed by atoms with Gasteiger partial charge in [0, 0.05) is 12.2 Å². The smallest absolute Gasteiger partial charge is 0.338 e. The van der Waals surface area contributed by atoms with Gasteiger partial charge in [0.05, 0.1) is 12.7 Å². The van der Waals surface area contributed by atoms with Gasteiger partial charge in [0.2, 0.25) is 0 Å². The van der Waals surface area contributed by atoms with Gasteiger partial charge in [-0.2, -0.15) is 0 Å². The Hall–Kier alpha value is -3.62. The molecule has 0 aliphatic rings. The summed E-state index contributed by atoms with van der Waals surface area (Å²) < 4.78 is 28.6. The maximum atomic E-state index is 12.9. The lowest BCUT2D eigenvalue weighted by Gasteiger charge is -2.12. The van der Waals surface area contributed by atoms with Crippen LogP contribution >= 0.6 is 0 Å². The van der Waals surface area contributed by atoms with Crippen LogP contribution in [0, 0.1) is 5.82 Å². The van der Waals surface area contributed by atoms with Crippen molar-refractivity contribution in [2.75, 3.05) is 32.2 Å². The van der Waals surface area contributed by atoms with Gasteiger partial charge in [0.15, 0.2) is 24.7 Å². The molecule has 0 saturated carbocycles. The van der Waals surface area contributed by atoms with Gasteiger partial charge in [-0.3, -0.25) is 9.59 Å². The van der Waals surface area contributed by atoms with Crippen LogP contribution in [0.2, 0.25) is 0 Å². The number of carbonyl (C=O) groups excluding carboxylic acids is 3. The van der Waals surface area contributed by atoms with E-state index in [9.17, 15) is 18.8 Å². The molecule has 31 heavy (non-hydrogen) atoms. The molecule has 0 radical (unpaired) electrons. The molecule has 0 fully saturated rings. The first-order valence-electron chi connectivity index (χ1n) is 9.73. The number of ether oxygens (including phenoxy) is 3. The van der Waals surface area contributed by atoms with Crippen molar-refractivity contribution in [1.82, 2.24) is 5.32 Å². The summed E-state index contributed by atoms with van der Waals surface area (Å²) in [5, 5.41) is 5.22. The molecule has 0 aliphatic heterocycles. The van der Waals surface area contributed by atoms with Gasteiger partial charge in [0.25, 0.3) is 11.8 Å². The maximum Gasteiger partial charge on any atom is 0.338 e. The van der Waals surface area contributed by atoms with Gasteiger partial charge < -0.3 is 24.8 Å². The molecule has 0 heterocycles. The lowest BCUT2D eigenvalue weighted by atomic mass is 10.2. The highest BCUT2D eigenvalue weighted by molar-refractivity contribution is 5.93. The molecule has 0 atom stereocenters. The molecule has 0 aromatic heterocycles. The van der Waals surface area contributed by atoms with Crippen LogP contribution in [0.1, 0.15) is 30.1 Å². The lowest BCUT2D eigenvalue weighted by molar-refractivity contribution is -0.124. The molecule has 8 nitrogen and oxygen atoms in total. The fourth-order valence-corrected chi connectivity index (χ4v) is 2.46. The van der Waals surface area contributed by atoms with E-state index in [-0.39, 0.29) is 36.2 Å². The van der Waals surface area contributed by atoms with Crippen LogP contribution in [0.4, 0.5) is 10.1 Å². The fraction of sp³-hybridized carbons (Fsp3) is 0.318. The van der Waals surface area contributed by atoms with Crippen molar-refractivity contribution < 1.29 is 33.0 Å². The van der Waals surface area contributed by atoms with Gasteiger partial charge in [-0.1, -0.05) is 13.3 Å². The van der Waals surface area contributed by atoms with E-state index in [1.807, 2.05) is 6.92 Å². The SMILES string of the molecule is CCCCNC(=O)COC(=O)c1ccc(OCC(=O)Nc2ccc(F)cc2)c(OC)c1. The minimum atomic E-state index is -0.690. The van der Waals surface area contributed by atoms with Crippen LogP contribution < -0.4 is 20.1 Å². The minimum Gasteiger partial charge on any atom is -0.493 e. The fourth-order valence-electron chi connectivity index (χ4n) is 2.46. The second kappa shape index (κ2) is 12.2. The molecule has 0 bridgehead atoms. The van der Waals surface area contributed by atoms with Crippen molar-refractivity contribution in [2.24, 2.45) is 0 Å². The maximum absolute atomic E-state index is 12.9. The average Bonchev–Trinajstić information content (AvgIpc) is 2.77. The molecule has 2 aromatic carbocycles. The molecule has 0 aliphatic carbocycles. The molecular formula is C22H25FN2O6. The number of hydrogen-bond acceptors (Lipinski definition) is 6. The molecule has 0 unspecified atom stereocenters. The number of benzene rings is 2. The Labute approximate surface area is 179 Å². The number of unbranched alkanes of at least 4 members (excludes halogenated alkanes) is 1. The molecule has 2 N–H and O–H groups in total. The van der Waals surface area contributed by atoms with Crippen molar-refractivity contribution in [3.63, 3.8) is 0 Å². The number of rotatable bonds is 11. The van der Waals surface area contributed by atoms with E-state index in [4.69, 9.17) is 14.2 Å². The molecule has 2 aromatic rings. The highest BCUT2D eigenvalue weighted by Gasteiger charge is 2.15. The Morgan fingerprint density at radius 2 is 1.71 bits per heavy atom. The number of halogens is 1. The lowest BCUT2D eigenvalue weighted by Crippen LogP contribution is -2.29. The number of hydrogen-bond donors (Lipinski definition) is 2. The largest absolute Gasteiger partial charge is 0.493 e. The summed E-state index contributed by atoms with van der Waals surface area (Å²) in [5.41, 5.74) is 0.597. The average molecular weight is 432 g/mol. The molecule has 2 amide bonds. The van der Waals surface area contributed by atoms with Crippen LogP contribution in [0.5, 0.6) is 11.5 Å². The molecule has 9 heteroatoms. The minimum absolute atomic E-state index is 0.168. The van der Waals surface area contributed by atoms with Gasteiger partial charge in [-0.15, -0.1) is 0 Å². The summed E-state index contributed by atoms with van der Waals surface area (Å²) in [6.45, 7) is 1.83. The van der Waals surface area contributed by atoms with Crippen molar-refractivity contribution >= 4 is 23.5 Å². The quantitative estimate of drug-likeness (QED) is 0.418. The summed E-state index contributed by atoms with van der Waals surface area (Å²) in [7, 11) is 1.39. The van der Waals surface area contributed by atoms with Crippen LogP contribution in [-0.4, -0.2) is 44.7 Å². The van der Waals surface area contributed by atoms with Gasteiger partial charge in [0.1, 0.15) is 5.82 Å². The van der Waals surface area contributed by atoms with E-state index in [0.717, 1.165) is 12.8 Å². The highest BCUT2D eigenvalue weighted by Crippen LogP contribution is 2.28. The summed E-state index contributed by atoms with van der Waals surface area (Å²) in [6.07, 6.45) is 1.79.